The van der Waals surface area contributed by atoms with E-state index in [0.29, 0.717) is 6.61 Å². The molecule has 0 aliphatic rings. The van der Waals surface area contributed by atoms with E-state index in [1.165, 1.54) is 5.56 Å². The maximum absolute atomic E-state index is 5.87. The third-order valence-corrected chi connectivity index (χ3v) is 4.42. The Hall–Kier alpha value is -2.18. The summed E-state index contributed by atoms with van der Waals surface area (Å²) in [5.74, 6) is 0.792. The zero-order valence-electron chi connectivity index (χ0n) is 12.9. The van der Waals surface area contributed by atoms with Crippen LogP contribution in [0.25, 0.3) is 5.69 Å². The molecule has 0 bridgehead atoms. The van der Waals surface area contributed by atoms with Crippen molar-refractivity contribution in [3.63, 3.8) is 0 Å². The quantitative estimate of drug-likeness (QED) is 0.623. The Labute approximate surface area is 139 Å². The molecule has 0 radical (unpaired) electrons. The molecule has 118 valence electrons. The average Bonchev–Trinajstić information content (AvgIpc) is 3.08. The van der Waals surface area contributed by atoms with E-state index in [1.807, 2.05) is 48.5 Å². The molecule has 3 aromatic rings. The van der Waals surface area contributed by atoms with Crippen LogP contribution < -0.4 is 0 Å². The first-order chi connectivity index (χ1) is 11.3. The number of tetrazole rings is 1. The Balaban J connectivity index is 1.54. The lowest BCUT2D eigenvalue weighted by atomic mass is 10.2. The summed E-state index contributed by atoms with van der Waals surface area (Å²) in [5, 5.41) is 12.7. The third kappa shape index (κ3) is 4.40. The van der Waals surface area contributed by atoms with Gasteiger partial charge in [0.2, 0.25) is 5.16 Å². The summed E-state index contributed by atoms with van der Waals surface area (Å²) in [6.07, 6.45) is 0.112. The van der Waals surface area contributed by atoms with Gasteiger partial charge in [0, 0.05) is 5.75 Å². The van der Waals surface area contributed by atoms with Crippen LogP contribution >= 0.6 is 11.8 Å². The lowest BCUT2D eigenvalue weighted by Crippen LogP contribution is -2.12. The van der Waals surface area contributed by atoms with Gasteiger partial charge in [0.25, 0.3) is 0 Å². The highest BCUT2D eigenvalue weighted by molar-refractivity contribution is 7.99. The third-order valence-electron chi connectivity index (χ3n) is 3.27. The lowest BCUT2D eigenvalue weighted by Gasteiger charge is -2.12. The van der Waals surface area contributed by atoms with E-state index in [0.717, 1.165) is 16.6 Å². The molecule has 0 unspecified atom stereocenters. The Morgan fingerprint density at radius 1 is 1.04 bits per heavy atom. The monoisotopic (exact) mass is 326 g/mol. The average molecular weight is 326 g/mol. The van der Waals surface area contributed by atoms with Gasteiger partial charge in [-0.15, -0.1) is 5.10 Å². The van der Waals surface area contributed by atoms with E-state index < -0.39 is 0 Å². The van der Waals surface area contributed by atoms with Crippen molar-refractivity contribution < 1.29 is 4.74 Å². The number of rotatable bonds is 7. The van der Waals surface area contributed by atoms with Gasteiger partial charge in [-0.3, -0.25) is 0 Å². The van der Waals surface area contributed by atoms with Gasteiger partial charge in [-0.1, -0.05) is 60.3 Å². The minimum absolute atomic E-state index is 0.112. The van der Waals surface area contributed by atoms with Crippen molar-refractivity contribution in [2.75, 3.05) is 5.75 Å². The van der Waals surface area contributed by atoms with E-state index in [2.05, 4.69) is 34.6 Å². The van der Waals surface area contributed by atoms with Crippen molar-refractivity contribution in [1.82, 2.24) is 20.2 Å². The smallest absolute Gasteiger partial charge is 0.214 e. The molecule has 0 saturated carbocycles. The number of para-hydroxylation sites is 1. The molecule has 0 N–H and O–H groups in total. The van der Waals surface area contributed by atoms with E-state index >= 15 is 0 Å². The first-order valence-corrected chi connectivity index (χ1v) is 8.43. The number of benzene rings is 2. The van der Waals surface area contributed by atoms with Gasteiger partial charge in [-0.25, -0.2) is 0 Å². The molecule has 0 aliphatic heterocycles. The maximum atomic E-state index is 5.87. The van der Waals surface area contributed by atoms with Gasteiger partial charge in [0.1, 0.15) is 0 Å². The summed E-state index contributed by atoms with van der Waals surface area (Å²) >= 11 is 1.59. The molecule has 1 atom stereocenters. The second-order valence-corrected chi connectivity index (χ2v) is 6.11. The number of hydrogen-bond acceptors (Lipinski definition) is 5. The summed E-state index contributed by atoms with van der Waals surface area (Å²) < 4.78 is 7.62. The van der Waals surface area contributed by atoms with Crippen molar-refractivity contribution in [3.05, 3.63) is 66.2 Å². The number of ether oxygens (including phenoxy) is 1. The first-order valence-electron chi connectivity index (χ1n) is 7.45. The second-order valence-electron chi connectivity index (χ2n) is 5.13. The van der Waals surface area contributed by atoms with E-state index in [4.69, 9.17) is 4.74 Å². The van der Waals surface area contributed by atoms with Crippen molar-refractivity contribution in [2.24, 2.45) is 0 Å². The predicted molar refractivity (Wildman–Crippen MR) is 90.6 cm³/mol. The van der Waals surface area contributed by atoms with Gasteiger partial charge in [-0.05, 0) is 35.0 Å². The van der Waals surface area contributed by atoms with E-state index in [1.54, 1.807) is 16.4 Å². The highest BCUT2D eigenvalue weighted by Gasteiger charge is 2.11. The molecule has 0 amide bonds. The molecule has 0 fully saturated rings. The normalized spacial score (nSPS) is 12.2. The maximum Gasteiger partial charge on any atom is 0.214 e. The van der Waals surface area contributed by atoms with Crippen LogP contribution in [0, 0.1) is 0 Å². The van der Waals surface area contributed by atoms with Gasteiger partial charge in [-0.2, -0.15) is 4.68 Å². The number of hydrogen-bond donors (Lipinski definition) is 0. The number of nitrogens with zero attached hydrogens (tertiary/aromatic N) is 4. The molecule has 2 aromatic carbocycles. The summed E-state index contributed by atoms with van der Waals surface area (Å²) in [6.45, 7) is 2.68. The lowest BCUT2D eigenvalue weighted by molar-refractivity contribution is 0.0687. The molecule has 0 saturated heterocycles. The van der Waals surface area contributed by atoms with E-state index in [9.17, 15) is 0 Å². The van der Waals surface area contributed by atoms with Crippen LogP contribution in [0.15, 0.2) is 65.8 Å². The molecule has 0 aliphatic carbocycles. The Morgan fingerprint density at radius 3 is 2.48 bits per heavy atom. The van der Waals surface area contributed by atoms with Crippen LogP contribution in [0.1, 0.15) is 12.5 Å². The van der Waals surface area contributed by atoms with Crippen LogP contribution in [0.2, 0.25) is 0 Å². The summed E-state index contributed by atoms with van der Waals surface area (Å²) in [4.78, 5) is 0. The SMILES string of the molecule is C[C@H](CSc1nnnn1-c1ccccc1)OCc1ccccc1. The molecule has 1 aromatic heterocycles. The summed E-state index contributed by atoms with van der Waals surface area (Å²) in [5.41, 5.74) is 2.14. The molecule has 6 heteroatoms. The van der Waals surface area contributed by atoms with Crippen LogP contribution in [-0.2, 0) is 11.3 Å². The van der Waals surface area contributed by atoms with Crippen LogP contribution in [0.3, 0.4) is 0 Å². The topological polar surface area (TPSA) is 52.8 Å². The van der Waals surface area contributed by atoms with Crippen molar-refractivity contribution in [3.8, 4) is 5.69 Å². The molecule has 0 spiro atoms. The van der Waals surface area contributed by atoms with Crippen LogP contribution in [0.5, 0.6) is 0 Å². The molecule has 5 nitrogen and oxygen atoms in total. The molecular formula is C17H18N4OS. The zero-order valence-corrected chi connectivity index (χ0v) is 13.7. The molecule has 1 heterocycles. The highest BCUT2D eigenvalue weighted by atomic mass is 32.2. The van der Waals surface area contributed by atoms with Gasteiger partial charge in [0.05, 0.1) is 18.4 Å². The first kappa shape index (κ1) is 15.7. The standard InChI is InChI=1S/C17H18N4OS/c1-14(22-12-15-8-4-2-5-9-15)13-23-17-18-19-20-21(17)16-10-6-3-7-11-16/h2-11,14H,12-13H2,1H3/t14-/m1/s1. The van der Waals surface area contributed by atoms with Crippen LogP contribution in [-0.4, -0.2) is 32.1 Å². The molecule has 3 rings (SSSR count). The summed E-state index contributed by atoms with van der Waals surface area (Å²) in [6, 6.07) is 20.1. The van der Waals surface area contributed by atoms with Crippen molar-refractivity contribution in [1.29, 1.82) is 0 Å². The zero-order chi connectivity index (χ0) is 15.9. The largest absolute Gasteiger partial charge is 0.373 e. The Bertz CT molecular complexity index is 718. The Morgan fingerprint density at radius 2 is 1.74 bits per heavy atom. The van der Waals surface area contributed by atoms with Gasteiger partial charge in [0.15, 0.2) is 0 Å². The molecule has 23 heavy (non-hydrogen) atoms. The number of thioether (sulfide) groups is 1. The fourth-order valence-electron chi connectivity index (χ4n) is 2.05. The second kappa shape index (κ2) is 7.89. The molecular weight excluding hydrogens is 308 g/mol. The minimum Gasteiger partial charge on any atom is -0.373 e. The summed E-state index contributed by atoms with van der Waals surface area (Å²) in [7, 11) is 0. The fourth-order valence-corrected chi connectivity index (χ4v) is 2.89. The van der Waals surface area contributed by atoms with Gasteiger partial charge < -0.3 is 4.74 Å². The van der Waals surface area contributed by atoms with Crippen LogP contribution in [0.4, 0.5) is 0 Å². The Kier molecular flexibility index (Phi) is 5.39. The predicted octanol–water partition coefficient (Wildman–Crippen LogP) is 3.36. The van der Waals surface area contributed by atoms with Crippen molar-refractivity contribution in [2.45, 2.75) is 24.8 Å². The minimum atomic E-state index is 0.112. The van der Waals surface area contributed by atoms with E-state index in [-0.39, 0.29) is 6.10 Å². The fraction of sp³-hybridized carbons (Fsp3) is 0.235. The van der Waals surface area contributed by atoms with Crippen molar-refractivity contribution >= 4 is 11.8 Å². The number of aromatic nitrogens is 4. The highest BCUT2D eigenvalue weighted by Crippen LogP contribution is 2.19. The van der Waals surface area contributed by atoms with Gasteiger partial charge >= 0.3 is 0 Å².